The van der Waals surface area contributed by atoms with Crippen LogP contribution in [0.25, 0.3) is 0 Å². The van der Waals surface area contributed by atoms with Crippen LogP contribution in [0, 0.1) is 0 Å². The lowest BCUT2D eigenvalue weighted by Gasteiger charge is -2.20. The van der Waals surface area contributed by atoms with E-state index < -0.39 is 51.8 Å². The number of esters is 2. The molecule has 0 spiro atoms. The minimum Gasteiger partial charge on any atom is -0.462 e. The summed E-state index contributed by atoms with van der Waals surface area (Å²) in [5, 5.41) is 18.3. The Balaban J connectivity index is 4.32. The number of aliphatic hydroxyl groups is 2. The minimum atomic E-state index is -4.60. The molecule has 0 amide bonds. The number of carbonyl (C=O) groups is 2. The number of allylic oxidation sites excluding steroid dienone is 2. The zero-order valence-electron chi connectivity index (χ0n) is 31.2. The van der Waals surface area contributed by atoms with Crippen LogP contribution in [0.15, 0.2) is 12.2 Å². The molecule has 290 valence electrons. The van der Waals surface area contributed by atoms with Crippen molar-refractivity contribution in [1.29, 1.82) is 0 Å². The second-order valence-electron chi connectivity index (χ2n) is 13.3. The van der Waals surface area contributed by atoms with Gasteiger partial charge in [0.15, 0.2) is 6.10 Å². The van der Waals surface area contributed by atoms with Crippen LogP contribution in [0.5, 0.6) is 0 Å². The van der Waals surface area contributed by atoms with Crippen LogP contribution in [-0.4, -0.2) is 65.7 Å². The van der Waals surface area contributed by atoms with E-state index in [0.717, 1.165) is 44.9 Å². The lowest BCUT2D eigenvalue weighted by atomic mass is 10.1. The van der Waals surface area contributed by atoms with Gasteiger partial charge >= 0.3 is 19.8 Å². The van der Waals surface area contributed by atoms with Crippen LogP contribution >= 0.6 is 7.82 Å². The molecule has 0 heterocycles. The van der Waals surface area contributed by atoms with Gasteiger partial charge in [-0.3, -0.25) is 18.6 Å². The Morgan fingerprint density at radius 1 is 0.592 bits per heavy atom. The molecule has 0 aromatic rings. The molecule has 0 bridgehead atoms. The third-order valence-corrected chi connectivity index (χ3v) is 9.37. The predicted molar refractivity (Wildman–Crippen MR) is 196 cm³/mol. The fourth-order valence-electron chi connectivity index (χ4n) is 5.34. The molecule has 3 atom stereocenters. The van der Waals surface area contributed by atoms with Crippen molar-refractivity contribution in [3.05, 3.63) is 12.2 Å². The van der Waals surface area contributed by atoms with Crippen LogP contribution in [0.3, 0.4) is 0 Å². The number of phosphoric acid groups is 1. The van der Waals surface area contributed by atoms with Gasteiger partial charge in [0.2, 0.25) is 0 Å². The van der Waals surface area contributed by atoms with Gasteiger partial charge in [0.25, 0.3) is 0 Å². The van der Waals surface area contributed by atoms with E-state index in [-0.39, 0.29) is 19.4 Å². The van der Waals surface area contributed by atoms with Crippen molar-refractivity contribution < 1.29 is 47.8 Å². The Morgan fingerprint density at radius 3 is 1.49 bits per heavy atom. The second-order valence-corrected chi connectivity index (χ2v) is 14.8. The van der Waals surface area contributed by atoms with Crippen molar-refractivity contribution in [1.82, 2.24) is 0 Å². The molecule has 0 aliphatic heterocycles. The molecule has 1 unspecified atom stereocenters. The Labute approximate surface area is 298 Å². The van der Waals surface area contributed by atoms with Crippen molar-refractivity contribution in [3.8, 4) is 0 Å². The summed E-state index contributed by atoms with van der Waals surface area (Å²) >= 11 is 0. The molecule has 0 fully saturated rings. The molecular formula is C38H73O10P. The molecule has 0 saturated heterocycles. The fraction of sp³-hybridized carbons (Fsp3) is 0.895. The van der Waals surface area contributed by atoms with Gasteiger partial charge in [-0.15, -0.1) is 0 Å². The summed E-state index contributed by atoms with van der Waals surface area (Å²) < 4.78 is 32.6. The number of carbonyl (C=O) groups excluding carboxylic acids is 2. The van der Waals surface area contributed by atoms with Crippen LogP contribution in [0.2, 0.25) is 0 Å². The molecule has 0 aromatic heterocycles. The highest BCUT2D eigenvalue weighted by Gasteiger charge is 2.27. The molecule has 0 saturated carbocycles. The summed E-state index contributed by atoms with van der Waals surface area (Å²) in [5.74, 6) is -0.925. The van der Waals surface area contributed by atoms with Gasteiger partial charge in [-0.25, -0.2) is 4.57 Å². The monoisotopic (exact) mass is 720 g/mol. The van der Waals surface area contributed by atoms with E-state index >= 15 is 0 Å². The summed E-state index contributed by atoms with van der Waals surface area (Å²) in [6, 6.07) is 0. The molecule has 11 heteroatoms. The Kier molecular flexibility index (Phi) is 34.2. The normalized spacial score (nSPS) is 14.1. The van der Waals surface area contributed by atoms with Gasteiger partial charge in [0.1, 0.15) is 12.7 Å². The second kappa shape index (κ2) is 35.1. The molecule has 0 radical (unpaired) electrons. The highest BCUT2D eigenvalue weighted by atomic mass is 31.2. The summed E-state index contributed by atoms with van der Waals surface area (Å²) in [4.78, 5) is 34.8. The summed E-state index contributed by atoms with van der Waals surface area (Å²) in [7, 11) is -4.60. The minimum absolute atomic E-state index is 0.188. The molecule has 0 aromatic carbocycles. The zero-order chi connectivity index (χ0) is 36.3. The standard InChI is InChI=1S/C38H73O10P/c1-3-5-7-9-11-13-15-16-17-18-20-21-23-25-27-29-37(41)45-33-36(34-47-49(43,44)46-32-35(40)31-39)48-38(42)30-28-26-24-22-19-14-12-10-8-6-4-2/h13,15,35-36,39-40H,3-12,14,16-34H2,1-2H3,(H,43,44)/b15-13+/t35-,36+/m0/s1. The summed E-state index contributed by atoms with van der Waals surface area (Å²) in [6.45, 7) is 2.35. The third kappa shape index (κ3) is 34.9. The van der Waals surface area contributed by atoms with Gasteiger partial charge in [0, 0.05) is 12.8 Å². The van der Waals surface area contributed by atoms with E-state index in [1.165, 1.54) is 96.3 Å². The first-order valence-corrected chi connectivity index (χ1v) is 21.1. The maximum Gasteiger partial charge on any atom is 0.472 e. The summed E-state index contributed by atoms with van der Waals surface area (Å²) in [5.41, 5.74) is 0. The molecule has 10 nitrogen and oxygen atoms in total. The van der Waals surface area contributed by atoms with E-state index in [2.05, 4.69) is 30.5 Å². The van der Waals surface area contributed by atoms with Crippen molar-refractivity contribution in [3.63, 3.8) is 0 Å². The molecule has 49 heavy (non-hydrogen) atoms. The number of phosphoric ester groups is 1. The first-order valence-electron chi connectivity index (χ1n) is 19.6. The Hall–Kier alpha value is -1.29. The highest BCUT2D eigenvalue weighted by Crippen LogP contribution is 2.43. The lowest BCUT2D eigenvalue weighted by Crippen LogP contribution is -2.29. The van der Waals surface area contributed by atoms with Crippen molar-refractivity contribution >= 4 is 19.8 Å². The number of hydrogen-bond donors (Lipinski definition) is 3. The molecule has 0 aliphatic carbocycles. The topological polar surface area (TPSA) is 149 Å². The highest BCUT2D eigenvalue weighted by molar-refractivity contribution is 7.47. The van der Waals surface area contributed by atoms with E-state index in [4.69, 9.17) is 19.1 Å². The van der Waals surface area contributed by atoms with Crippen LogP contribution in [0.4, 0.5) is 0 Å². The van der Waals surface area contributed by atoms with Crippen LogP contribution < -0.4 is 0 Å². The first-order chi connectivity index (χ1) is 23.7. The first kappa shape index (κ1) is 47.7. The molecule has 3 N–H and O–H groups in total. The SMILES string of the molecule is CCCCCC/C=C/CCCCCCCCCC(=O)OC[C@H](COP(=O)(O)OC[C@@H](O)CO)OC(=O)CCCCCCCCCCCCC. The van der Waals surface area contributed by atoms with E-state index in [0.29, 0.717) is 12.8 Å². The number of ether oxygens (including phenoxy) is 2. The van der Waals surface area contributed by atoms with Gasteiger partial charge in [-0.2, -0.15) is 0 Å². The van der Waals surface area contributed by atoms with Crippen molar-refractivity contribution in [2.45, 2.75) is 193 Å². The van der Waals surface area contributed by atoms with Crippen LogP contribution in [0.1, 0.15) is 181 Å². The van der Waals surface area contributed by atoms with Crippen molar-refractivity contribution in [2.75, 3.05) is 26.4 Å². The van der Waals surface area contributed by atoms with Gasteiger partial charge in [-0.05, 0) is 38.5 Å². The number of unbranched alkanes of at least 4 members (excludes halogenated alkanes) is 21. The molecule has 0 aliphatic rings. The largest absolute Gasteiger partial charge is 0.472 e. The number of aliphatic hydroxyl groups excluding tert-OH is 2. The predicted octanol–water partition coefficient (Wildman–Crippen LogP) is 9.67. The smallest absolute Gasteiger partial charge is 0.462 e. The van der Waals surface area contributed by atoms with Gasteiger partial charge in [0.05, 0.1) is 19.8 Å². The maximum atomic E-state index is 12.5. The molecule has 0 rings (SSSR count). The lowest BCUT2D eigenvalue weighted by molar-refractivity contribution is -0.161. The van der Waals surface area contributed by atoms with E-state index in [1.807, 2.05) is 0 Å². The third-order valence-electron chi connectivity index (χ3n) is 8.42. The maximum absolute atomic E-state index is 12.5. The van der Waals surface area contributed by atoms with Crippen LogP contribution in [-0.2, 0) is 32.7 Å². The van der Waals surface area contributed by atoms with Crippen molar-refractivity contribution in [2.24, 2.45) is 0 Å². The Morgan fingerprint density at radius 2 is 1.00 bits per heavy atom. The molecular weight excluding hydrogens is 647 g/mol. The summed E-state index contributed by atoms with van der Waals surface area (Å²) in [6.07, 6.45) is 30.4. The van der Waals surface area contributed by atoms with Gasteiger partial charge < -0.3 is 24.6 Å². The number of rotatable bonds is 37. The average molecular weight is 721 g/mol. The average Bonchev–Trinajstić information content (AvgIpc) is 3.09. The van der Waals surface area contributed by atoms with E-state index in [1.54, 1.807) is 0 Å². The Bertz CT molecular complexity index is 837. The fourth-order valence-corrected chi connectivity index (χ4v) is 6.13. The zero-order valence-corrected chi connectivity index (χ0v) is 32.1. The van der Waals surface area contributed by atoms with Gasteiger partial charge in [-0.1, -0.05) is 142 Å². The quantitative estimate of drug-likeness (QED) is 0.0245. The van der Waals surface area contributed by atoms with E-state index in [9.17, 15) is 24.2 Å². The number of hydrogen-bond acceptors (Lipinski definition) is 9.